The fraction of sp³-hybridized carbons (Fsp3) is 0.571. The summed E-state index contributed by atoms with van der Waals surface area (Å²) >= 11 is 0. The molecular formula is C21H32ClN3O. The summed E-state index contributed by atoms with van der Waals surface area (Å²) < 4.78 is 2.16. The molecule has 0 bridgehead atoms. The Morgan fingerprint density at radius 3 is 2.65 bits per heavy atom. The van der Waals surface area contributed by atoms with E-state index in [4.69, 9.17) is 5.73 Å². The van der Waals surface area contributed by atoms with Crippen molar-refractivity contribution in [1.29, 1.82) is 0 Å². The molecule has 1 aromatic carbocycles. The van der Waals surface area contributed by atoms with Crippen molar-refractivity contribution in [1.82, 2.24) is 9.88 Å². The number of fused-ring (bicyclic) bond motifs is 1. The van der Waals surface area contributed by atoms with E-state index in [-0.39, 0.29) is 24.4 Å². The van der Waals surface area contributed by atoms with Crippen LogP contribution in [-0.2, 0) is 17.8 Å². The summed E-state index contributed by atoms with van der Waals surface area (Å²) in [6.45, 7) is 4.63. The van der Waals surface area contributed by atoms with Gasteiger partial charge in [-0.1, -0.05) is 44.4 Å². The molecule has 1 unspecified atom stereocenters. The standard InChI is InChI=1S/C21H31N3O.ClH/c1-3-16(22)13-19-15(2)24(20-12-8-7-11-18(19)20)14-21(25)23-17-9-5-4-6-10-17;/h7-8,11-12,16-17H,3-6,9-10,13-14,22H2,1-2H3,(H,23,25);1H. The maximum atomic E-state index is 12.6. The Morgan fingerprint density at radius 2 is 1.96 bits per heavy atom. The molecule has 1 aromatic heterocycles. The quantitative estimate of drug-likeness (QED) is 0.796. The van der Waals surface area contributed by atoms with Crippen molar-refractivity contribution in [2.24, 2.45) is 5.73 Å². The summed E-state index contributed by atoms with van der Waals surface area (Å²) in [5, 5.41) is 4.47. The van der Waals surface area contributed by atoms with E-state index >= 15 is 0 Å². The molecule has 1 aliphatic carbocycles. The van der Waals surface area contributed by atoms with Crippen LogP contribution in [0, 0.1) is 6.92 Å². The third-order valence-corrected chi connectivity index (χ3v) is 5.62. The Kier molecular flexibility index (Phi) is 7.54. The lowest BCUT2D eigenvalue weighted by Crippen LogP contribution is -2.38. The van der Waals surface area contributed by atoms with Crippen molar-refractivity contribution >= 4 is 29.2 Å². The molecule has 1 aliphatic rings. The van der Waals surface area contributed by atoms with Crippen LogP contribution in [0.2, 0.25) is 0 Å². The number of nitrogens with one attached hydrogen (secondary N) is 1. The lowest BCUT2D eigenvalue weighted by atomic mass is 9.95. The summed E-state index contributed by atoms with van der Waals surface area (Å²) in [7, 11) is 0. The SMILES string of the molecule is CCC(N)Cc1c(C)n(CC(=O)NC2CCCCC2)c2ccccc12.Cl. The minimum absolute atomic E-state index is 0. The molecule has 1 fully saturated rings. The molecule has 0 spiro atoms. The highest BCUT2D eigenvalue weighted by atomic mass is 35.5. The van der Waals surface area contributed by atoms with Gasteiger partial charge >= 0.3 is 0 Å². The average molecular weight is 378 g/mol. The van der Waals surface area contributed by atoms with Gasteiger partial charge < -0.3 is 15.6 Å². The minimum atomic E-state index is 0. The molecule has 0 saturated heterocycles. The summed E-state index contributed by atoms with van der Waals surface area (Å²) in [5.74, 6) is 0.127. The monoisotopic (exact) mass is 377 g/mol. The molecule has 1 atom stereocenters. The number of rotatable bonds is 6. The van der Waals surface area contributed by atoms with E-state index < -0.39 is 0 Å². The van der Waals surface area contributed by atoms with Crippen molar-refractivity contribution < 1.29 is 4.79 Å². The highest BCUT2D eigenvalue weighted by Crippen LogP contribution is 2.27. The van der Waals surface area contributed by atoms with Crippen LogP contribution < -0.4 is 11.1 Å². The van der Waals surface area contributed by atoms with Gasteiger partial charge in [0.25, 0.3) is 0 Å². The van der Waals surface area contributed by atoms with Crippen LogP contribution in [0.4, 0.5) is 0 Å². The number of nitrogens with two attached hydrogens (primary N) is 1. The number of carbonyl (C=O) groups excluding carboxylic acids is 1. The minimum Gasteiger partial charge on any atom is -0.352 e. The number of nitrogens with zero attached hydrogens (tertiary/aromatic N) is 1. The number of aromatic nitrogens is 1. The molecule has 144 valence electrons. The summed E-state index contributed by atoms with van der Waals surface area (Å²) in [4.78, 5) is 12.6. The largest absolute Gasteiger partial charge is 0.352 e. The molecule has 0 aliphatic heterocycles. The van der Waals surface area contributed by atoms with Gasteiger partial charge in [-0.2, -0.15) is 0 Å². The van der Waals surface area contributed by atoms with Gasteiger partial charge in [0.15, 0.2) is 0 Å². The number of benzene rings is 1. The van der Waals surface area contributed by atoms with E-state index in [9.17, 15) is 4.79 Å². The van der Waals surface area contributed by atoms with Crippen molar-refractivity contribution in [3.63, 3.8) is 0 Å². The second-order valence-corrected chi connectivity index (χ2v) is 7.44. The first kappa shape index (κ1) is 20.8. The predicted molar refractivity (Wildman–Crippen MR) is 111 cm³/mol. The highest BCUT2D eigenvalue weighted by Gasteiger charge is 2.19. The molecule has 4 nitrogen and oxygen atoms in total. The normalized spacial score (nSPS) is 16.3. The van der Waals surface area contributed by atoms with Crippen LogP contribution >= 0.6 is 12.4 Å². The first-order valence-corrected chi connectivity index (χ1v) is 9.71. The van der Waals surface area contributed by atoms with Crippen molar-refractivity contribution in [2.75, 3.05) is 0 Å². The fourth-order valence-electron chi connectivity index (χ4n) is 4.03. The molecule has 1 heterocycles. The van der Waals surface area contributed by atoms with Gasteiger partial charge in [-0.15, -0.1) is 12.4 Å². The third kappa shape index (κ3) is 4.60. The van der Waals surface area contributed by atoms with Gasteiger partial charge in [0.2, 0.25) is 5.91 Å². The van der Waals surface area contributed by atoms with Gasteiger partial charge in [-0.05, 0) is 44.2 Å². The Labute approximate surface area is 162 Å². The molecule has 0 radical (unpaired) electrons. The van der Waals surface area contributed by atoms with Gasteiger partial charge in [0.05, 0.1) is 0 Å². The van der Waals surface area contributed by atoms with Gasteiger partial charge in [-0.3, -0.25) is 4.79 Å². The third-order valence-electron chi connectivity index (χ3n) is 5.62. The lowest BCUT2D eigenvalue weighted by molar-refractivity contribution is -0.122. The van der Waals surface area contributed by atoms with Crippen molar-refractivity contribution in [2.45, 2.75) is 77.4 Å². The molecule has 26 heavy (non-hydrogen) atoms. The van der Waals surface area contributed by atoms with Crippen LogP contribution in [-0.4, -0.2) is 22.6 Å². The molecule has 5 heteroatoms. The van der Waals surface area contributed by atoms with Gasteiger partial charge in [0.1, 0.15) is 6.54 Å². The first-order valence-electron chi connectivity index (χ1n) is 9.71. The molecule has 3 rings (SSSR count). The van der Waals surface area contributed by atoms with Crippen LogP contribution in [0.5, 0.6) is 0 Å². The summed E-state index contributed by atoms with van der Waals surface area (Å²) in [6, 6.07) is 8.88. The van der Waals surface area contributed by atoms with E-state index in [1.165, 1.54) is 35.9 Å². The maximum absolute atomic E-state index is 12.6. The number of para-hydroxylation sites is 1. The van der Waals surface area contributed by atoms with E-state index in [1.807, 2.05) is 6.07 Å². The Morgan fingerprint density at radius 1 is 1.27 bits per heavy atom. The van der Waals surface area contributed by atoms with Crippen LogP contribution in [0.25, 0.3) is 10.9 Å². The fourth-order valence-corrected chi connectivity index (χ4v) is 4.03. The molecule has 2 aromatic rings. The maximum Gasteiger partial charge on any atom is 0.240 e. The van der Waals surface area contributed by atoms with Crippen LogP contribution in [0.1, 0.15) is 56.7 Å². The zero-order valence-corrected chi connectivity index (χ0v) is 16.8. The Balaban J connectivity index is 0.00000243. The van der Waals surface area contributed by atoms with Crippen molar-refractivity contribution in [3.8, 4) is 0 Å². The number of carbonyl (C=O) groups is 1. The number of hydrogen-bond acceptors (Lipinski definition) is 2. The second-order valence-electron chi connectivity index (χ2n) is 7.44. The summed E-state index contributed by atoms with van der Waals surface area (Å²) in [6.07, 6.45) is 7.82. The predicted octanol–water partition coefficient (Wildman–Crippen LogP) is 4.10. The van der Waals surface area contributed by atoms with Crippen LogP contribution in [0.3, 0.4) is 0 Å². The van der Waals surface area contributed by atoms with E-state index in [2.05, 4.69) is 41.9 Å². The van der Waals surface area contributed by atoms with Crippen molar-refractivity contribution in [3.05, 3.63) is 35.5 Å². The van der Waals surface area contributed by atoms with E-state index in [0.29, 0.717) is 12.6 Å². The average Bonchev–Trinajstić information content (AvgIpc) is 2.88. The zero-order chi connectivity index (χ0) is 17.8. The number of halogens is 1. The molecular weight excluding hydrogens is 346 g/mol. The van der Waals surface area contributed by atoms with Crippen LogP contribution in [0.15, 0.2) is 24.3 Å². The van der Waals surface area contributed by atoms with Gasteiger partial charge in [0, 0.05) is 28.7 Å². The summed E-state index contributed by atoms with van der Waals surface area (Å²) in [5.41, 5.74) is 9.80. The van der Waals surface area contributed by atoms with Gasteiger partial charge in [-0.25, -0.2) is 0 Å². The lowest BCUT2D eigenvalue weighted by Gasteiger charge is -2.23. The van der Waals surface area contributed by atoms with E-state index in [1.54, 1.807) is 0 Å². The first-order chi connectivity index (χ1) is 12.1. The number of hydrogen-bond donors (Lipinski definition) is 2. The van der Waals surface area contributed by atoms with E-state index in [0.717, 1.165) is 31.2 Å². The zero-order valence-electron chi connectivity index (χ0n) is 16.0. The second kappa shape index (κ2) is 9.43. The highest BCUT2D eigenvalue weighted by molar-refractivity contribution is 5.87. The molecule has 3 N–H and O–H groups in total. The molecule has 1 amide bonds. The smallest absolute Gasteiger partial charge is 0.240 e. The Bertz CT molecular complexity index is 734. The topological polar surface area (TPSA) is 60.0 Å². The molecule has 1 saturated carbocycles. The Hall–Kier alpha value is -1.52. The number of amides is 1.